The van der Waals surface area contributed by atoms with E-state index in [1.54, 1.807) is 18.2 Å². The number of ether oxygens (including phenoxy) is 1. The summed E-state index contributed by atoms with van der Waals surface area (Å²) >= 11 is 6.24. The molecule has 0 radical (unpaired) electrons. The van der Waals surface area contributed by atoms with Gasteiger partial charge in [0.25, 0.3) is 5.91 Å². The zero-order valence-electron chi connectivity index (χ0n) is 16.3. The number of benzene rings is 2. The molecule has 0 spiro atoms. The third-order valence-electron chi connectivity index (χ3n) is 5.55. The Morgan fingerprint density at radius 2 is 1.90 bits per heavy atom. The number of hydrogen-bond donors (Lipinski definition) is 2. The molecule has 0 saturated heterocycles. The van der Waals surface area contributed by atoms with E-state index < -0.39 is 0 Å². The van der Waals surface area contributed by atoms with Gasteiger partial charge in [0.1, 0.15) is 5.75 Å². The lowest BCUT2D eigenvalue weighted by molar-refractivity contribution is -0.115. The summed E-state index contributed by atoms with van der Waals surface area (Å²) in [5, 5.41) is 6.33. The summed E-state index contributed by atoms with van der Waals surface area (Å²) in [5.41, 5.74) is 3.04. The highest BCUT2D eigenvalue weighted by Gasteiger charge is 2.19. The van der Waals surface area contributed by atoms with E-state index in [-0.39, 0.29) is 24.3 Å². The molecule has 0 aromatic heterocycles. The fraction of sp³-hybridized carbons (Fsp3) is 0.391. The van der Waals surface area contributed by atoms with Gasteiger partial charge in [-0.05, 0) is 48.2 Å². The summed E-state index contributed by atoms with van der Waals surface area (Å²) < 4.78 is 5.50. The number of carbonyl (C=O) groups is 2. The quantitative estimate of drug-likeness (QED) is 0.758. The molecule has 6 heteroatoms. The number of amides is 2. The van der Waals surface area contributed by atoms with Crippen LogP contribution in [0.3, 0.4) is 0 Å². The molecule has 2 N–H and O–H groups in total. The van der Waals surface area contributed by atoms with Crippen LogP contribution < -0.4 is 15.4 Å². The van der Waals surface area contributed by atoms with Crippen molar-refractivity contribution in [3.05, 3.63) is 58.1 Å². The fourth-order valence-electron chi connectivity index (χ4n) is 4.03. The molecule has 0 atom stereocenters. The van der Waals surface area contributed by atoms with Crippen molar-refractivity contribution in [1.82, 2.24) is 5.32 Å². The minimum absolute atomic E-state index is 0.134. The maximum atomic E-state index is 12.7. The summed E-state index contributed by atoms with van der Waals surface area (Å²) in [6.45, 7) is 0.696. The topological polar surface area (TPSA) is 67.4 Å². The van der Waals surface area contributed by atoms with Gasteiger partial charge >= 0.3 is 0 Å². The molecule has 1 fully saturated rings. The molecule has 5 nitrogen and oxygen atoms in total. The van der Waals surface area contributed by atoms with Crippen molar-refractivity contribution in [2.24, 2.45) is 0 Å². The molecule has 2 aromatic rings. The lowest BCUT2D eigenvalue weighted by Crippen LogP contribution is -2.36. The Balaban J connectivity index is 1.40. The van der Waals surface area contributed by atoms with Gasteiger partial charge in [-0.15, -0.1) is 0 Å². The SMILES string of the molecule is O=C(Cc1ccc2c(c1)CCO2)Nc1ccc(Cl)c(C(=O)NC2CCCCC2)c1. The second kappa shape index (κ2) is 8.87. The van der Waals surface area contributed by atoms with E-state index in [1.165, 1.54) is 6.42 Å². The summed E-state index contributed by atoms with van der Waals surface area (Å²) in [5.74, 6) is 0.585. The largest absolute Gasteiger partial charge is 0.493 e. The van der Waals surface area contributed by atoms with Crippen LogP contribution >= 0.6 is 11.6 Å². The van der Waals surface area contributed by atoms with E-state index in [9.17, 15) is 9.59 Å². The second-order valence-corrected chi connectivity index (χ2v) is 8.18. The lowest BCUT2D eigenvalue weighted by atomic mass is 9.95. The van der Waals surface area contributed by atoms with Crippen LogP contribution in [-0.4, -0.2) is 24.5 Å². The maximum Gasteiger partial charge on any atom is 0.253 e. The molecule has 2 amide bonds. The van der Waals surface area contributed by atoms with Crippen LogP contribution in [0.5, 0.6) is 5.75 Å². The molecule has 0 bridgehead atoms. The number of hydrogen-bond acceptors (Lipinski definition) is 3. The highest BCUT2D eigenvalue weighted by Crippen LogP contribution is 2.26. The summed E-state index contributed by atoms with van der Waals surface area (Å²) in [6, 6.07) is 11.1. The fourth-order valence-corrected chi connectivity index (χ4v) is 4.23. The Kier molecular flexibility index (Phi) is 6.05. The van der Waals surface area contributed by atoms with E-state index >= 15 is 0 Å². The average Bonchev–Trinajstić information content (AvgIpc) is 3.18. The number of nitrogens with one attached hydrogen (secondary N) is 2. The Hall–Kier alpha value is -2.53. The molecule has 2 aliphatic rings. The van der Waals surface area contributed by atoms with Crippen LogP contribution in [-0.2, 0) is 17.6 Å². The molecular weight excluding hydrogens is 388 g/mol. The summed E-state index contributed by atoms with van der Waals surface area (Å²) in [6.07, 6.45) is 6.66. The molecule has 1 aliphatic heterocycles. The van der Waals surface area contributed by atoms with Gasteiger partial charge in [0.2, 0.25) is 5.91 Å². The van der Waals surface area contributed by atoms with E-state index in [4.69, 9.17) is 16.3 Å². The van der Waals surface area contributed by atoms with Gasteiger partial charge in [0, 0.05) is 18.2 Å². The Labute approximate surface area is 175 Å². The lowest BCUT2D eigenvalue weighted by Gasteiger charge is -2.23. The number of halogens is 1. The maximum absolute atomic E-state index is 12.7. The van der Waals surface area contributed by atoms with Gasteiger partial charge in [0.15, 0.2) is 0 Å². The first-order valence-corrected chi connectivity index (χ1v) is 10.6. The normalized spacial score (nSPS) is 16.0. The zero-order valence-corrected chi connectivity index (χ0v) is 17.1. The molecule has 2 aromatic carbocycles. The van der Waals surface area contributed by atoms with Crippen molar-refractivity contribution < 1.29 is 14.3 Å². The Morgan fingerprint density at radius 1 is 1.07 bits per heavy atom. The number of anilines is 1. The van der Waals surface area contributed by atoms with Crippen molar-refractivity contribution in [3.63, 3.8) is 0 Å². The Morgan fingerprint density at radius 3 is 2.72 bits per heavy atom. The van der Waals surface area contributed by atoms with Crippen molar-refractivity contribution in [2.75, 3.05) is 11.9 Å². The molecule has 4 rings (SSSR count). The second-order valence-electron chi connectivity index (χ2n) is 7.77. The van der Waals surface area contributed by atoms with Crippen LogP contribution in [0, 0.1) is 0 Å². The first-order chi connectivity index (χ1) is 14.1. The number of carbonyl (C=O) groups excluding carboxylic acids is 2. The third kappa shape index (κ3) is 4.91. The van der Waals surface area contributed by atoms with E-state index in [0.717, 1.165) is 49.0 Å². The third-order valence-corrected chi connectivity index (χ3v) is 5.88. The van der Waals surface area contributed by atoms with Gasteiger partial charge in [-0.2, -0.15) is 0 Å². The average molecular weight is 413 g/mol. The highest BCUT2D eigenvalue weighted by molar-refractivity contribution is 6.34. The van der Waals surface area contributed by atoms with Crippen LogP contribution in [0.2, 0.25) is 5.02 Å². The van der Waals surface area contributed by atoms with Crippen molar-refractivity contribution in [2.45, 2.75) is 51.0 Å². The minimum atomic E-state index is -0.184. The summed E-state index contributed by atoms with van der Waals surface area (Å²) in [7, 11) is 0. The molecular formula is C23H25ClN2O3. The van der Waals surface area contributed by atoms with Crippen LogP contribution in [0.4, 0.5) is 5.69 Å². The highest BCUT2D eigenvalue weighted by atomic mass is 35.5. The molecule has 152 valence electrons. The van der Waals surface area contributed by atoms with Gasteiger partial charge < -0.3 is 15.4 Å². The molecule has 1 saturated carbocycles. The van der Waals surface area contributed by atoms with Crippen LogP contribution in [0.1, 0.15) is 53.6 Å². The van der Waals surface area contributed by atoms with Gasteiger partial charge in [-0.3, -0.25) is 9.59 Å². The Bertz CT molecular complexity index is 922. The standard InChI is InChI=1S/C23H25ClN2O3/c24-20-8-7-18(14-19(20)23(28)26-17-4-2-1-3-5-17)25-22(27)13-15-6-9-21-16(12-15)10-11-29-21/h6-9,12,14,17H,1-5,10-11,13H2,(H,25,27)(H,26,28). The van der Waals surface area contributed by atoms with E-state index in [2.05, 4.69) is 10.6 Å². The molecule has 0 unspecified atom stereocenters. The van der Waals surface area contributed by atoms with Crippen molar-refractivity contribution >= 4 is 29.1 Å². The first kappa shape index (κ1) is 19.8. The van der Waals surface area contributed by atoms with E-state index in [1.807, 2.05) is 18.2 Å². The van der Waals surface area contributed by atoms with Gasteiger partial charge in [-0.1, -0.05) is 43.0 Å². The molecule has 29 heavy (non-hydrogen) atoms. The smallest absolute Gasteiger partial charge is 0.253 e. The number of fused-ring (bicyclic) bond motifs is 1. The van der Waals surface area contributed by atoms with Gasteiger partial charge in [0.05, 0.1) is 23.6 Å². The van der Waals surface area contributed by atoms with Crippen LogP contribution in [0.25, 0.3) is 0 Å². The molecule has 1 aliphatic carbocycles. The zero-order chi connectivity index (χ0) is 20.2. The van der Waals surface area contributed by atoms with Crippen molar-refractivity contribution in [3.8, 4) is 5.75 Å². The minimum Gasteiger partial charge on any atom is -0.493 e. The predicted molar refractivity (Wildman–Crippen MR) is 114 cm³/mol. The number of rotatable bonds is 5. The molecule has 1 heterocycles. The monoisotopic (exact) mass is 412 g/mol. The van der Waals surface area contributed by atoms with Crippen LogP contribution in [0.15, 0.2) is 36.4 Å². The van der Waals surface area contributed by atoms with E-state index in [0.29, 0.717) is 22.9 Å². The first-order valence-electron chi connectivity index (χ1n) is 10.2. The predicted octanol–water partition coefficient (Wildman–Crippen LogP) is 4.52. The van der Waals surface area contributed by atoms with Crippen molar-refractivity contribution in [1.29, 1.82) is 0 Å². The van der Waals surface area contributed by atoms with Gasteiger partial charge in [-0.25, -0.2) is 0 Å². The summed E-state index contributed by atoms with van der Waals surface area (Å²) in [4.78, 5) is 25.1.